The second-order valence-electron chi connectivity index (χ2n) is 19.9. The lowest BCUT2D eigenvalue weighted by Crippen LogP contribution is -2.22. The Hall–Kier alpha value is -3.33. The van der Waals surface area contributed by atoms with Crippen LogP contribution in [0.15, 0.2) is 109 Å². The van der Waals surface area contributed by atoms with Gasteiger partial charge in [-0.15, -0.1) is 0 Å². The fraction of sp³-hybridized carbons (Fsp3) is 0.682. The number of hydrogen-bond acceptors (Lipinski definition) is 3. The summed E-state index contributed by atoms with van der Waals surface area (Å²) in [7, 11) is 0. The van der Waals surface area contributed by atoms with E-state index >= 15 is 0 Å². The van der Waals surface area contributed by atoms with Crippen molar-refractivity contribution < 1.29 is 14.4 Å². The molecule has 1 atom stereocenters. The molecule has 0 aromatic carbocycles. The van der Waals surface area contributed by atoms with Gasteiger partial charge in [-0.1, -0.05) is 343 Å². The lowest BCUT2D eigenvalue weighted by Gasteiger charge is -2.10. The van der Waals surface area contributed by atoms with Crippen molar-refractivity contribution in [3.05, 3.63) is 109 Å². The van der Waals surface area contributed by atoms with E-state index in [2.05, 4.69) is 45.1 Å². The molecule has 0 amide bonds. The van der Waals surface area contributed by atoms with Gasteiger partial charge in [0.2, 0.25) is 0 Å². The van der Waals surface area contributed by atoms with Gasteiger partial charge in [-0.2, -0.15) is 0 Å². The maximum atomic E-state index is 13.7. The molecule has 0 aromatic heterocycles. The molecule has 0 saturated carbocycles. The first-order chi connectivity index (χ1) is 34.1. The van der Waals surface area contributed by atoms with Gasteiger partial charge in [-0.3, -0.25) is 9.59 Å². The van der Waals surface area contributed by atoms with E-state index in [1.807, 2.05) is 48.6 Å². The molecule has 0 N–H and O–H groups in total. The molecule has 0 aliphatic rings. The molecule has 0 saturated heterocycles. The van der Waals surface area contributed by atoms with Gasteiger partial charge >= 0.3 is 0 Å². The van der Waals surface area contributed by atoms with E-state index in [0.717, 1.165) is 38.4 Å². The van der Waals surface area contributed by atoms with Crippen molar-refractivity contribution in [1.29, 1.82) is 0 Å². The summed E-state index contributed by atoms with van der Waals surface area (Å²) in [5, 5.41) is 0. The highest BCUT2D eigenvalue weighted by Crippen LogP contribution is 2.19. The van der Waals surface area contributed by atoms with Crippen LogP contribution in [0.4, 0.5) is 0 Å². The van der Waals surface area contributed by atoms with Crippen LogP contribution >= 0.6 is 0 Å². The lowest BCUT2D eigenvalue weighted by molar-refractivity contribution is -0.126. The SMILES string of the molecule is CCCCCCCCCCC/C=C/C=C/C=C/C=C/C=C(\C(=O)/C=C/C=C/C=C/C=C/CCCCCCCCCCCCC)C(=O)C(C=O)CCCCCCCCCCCCCCCCCCCC. The molecule has 0 bridgehead atoms. The molecular weight excluding hydrogens is 841 g/mol. The zero-order chi connectivity index (χ0) is 50.0. The zero-order valence-electron chi connectivity index (χ0n) is 45.7. The predicted molar refractivity (Wildman–Crippen MR) is 307 cm³/mol. The molecule has 0 spiro atoms. The number of Topliss-reactive ketones (excluding diaryl/α,β-unsaturated/α-hetero) is 1. The van der Waals surface area contributed by atoms with E-state index in [9.17, 15) is 14.4 Å². The van der Waals surface area contributed by atoms with Gasteiger partial charge in [0.05, 0.1) is 11.5 Å². The topological polar surface area (TPSA) is 51.2 Å². The summed E-state index contributed by atoms with van der Waals surface area (Å²) in [4.78, 5) is 39.3. The number of ketones is 2. The maximum Gasteiger partial charge on any atom is 0.189 e. The number of allylic oxidation sites excluding steroid dienone is 18. The Labute approximate surface area is 429 Å². The number of aldehydes is 1. The van der Waals surface area contributed by atoms with Gasteiger partial charge in [0.15, 0.2) is 11.6 Å². The van der Waals surface area contributed by atoms with Crippen LogP contribution in [0, 0.1) is 5.92 Å². The summed E-state index contributed by atoms with van der Waals surface area (Å²) in [6, 6.07) is 0. The molecule has 0 fully saturated rings. The first-order valence-corrected chi connectivity index (χ1v) is 29.7. The third-order valence-electron chi connectivity index (χ3n) is 13.4. The van der Waals surface area contributed by atoms with Crippen LogP contribution in [0.1, 0.15) is 284 Å². The van der Waals surface area contributed by atoms with E-state index < -0.39 is 5.92 Å². The van der Waals surface area contributed by atoms with Gasteiger partial charge < -0.3 is 4.79 Å². The molecule has 392 valence electrons. The smallest absolute Gasteiger partial charge is 0.189 e. The molecule has 0 rings (SSSR count). The Kier molecular flexibility index (Phi) is 54.5. The number of hydrogen-bond donors (Lipinski definition) is 0. The van der Waals surface area contributed by atoms with Crippen LogP contribution < -0.4 is 0 Å². The summed E-state index contributed by atoms with van der Waals surface area (Å²) in [5.41, 5.74) is 0.0552. The summed E-state index contributed by atoms with van der Waals surface area (Å²) >= 11 is 0. The Balaban J connectivity index is 4.91. The first-order valence-electron chi connectivity index (χ1n) is 29.7. The molecule has 0 aliphatic carbocycles. The van der Waals surface area contributed by atoms with Crippen molar-refractivity contribution in [3.8, 4) is 0 Å². The molecule has 0 radical (unpaired) electrons. The second kappa shape index (κ2) is 57.3. The molecule has 3 nitrogen and oxygen atoms in total. The monoisotopic (exact) mass is 951 g/mol. The number of unbranched alkanes of at least 4 members (excludes halogenated alkanes) is 37. The molecule has 1 unspecified atom stereocenters. The standard InChI is InChI=1S/C66H110O3/c1-4-7-10-13-16-19-22-25-28-31-34-37-40-43-46-49-52-55-58-61-65(68)64(60-57-54-51-48-45-42-39-36-33-30-27-24-21-18-15-12-9-6-3)66(69)63(62-67)59-56-53-50-47-44-41-38-35-32-29-26-23-20-17-14-11-8-5-2/h36,39-40,42-43,45-46,48-49,51-52,54-55,57-58,60-63H,4-35,37-38,41,44,47,50,53,56,59H2,1-3H3/b39-36+,43-40+,45-42+,49-46+,51-48+,55-52+,57-54+,61-58+,64-60+. The number of carbonyl (C=O) groups is 3. The minimum Gasteiger partial charge on any atom is -0.303 e. The van der Waals surface area contributed by atoms with E-state index in [0.29, 0.717) is 6.42 Å². The Morgan fingerprint density at radius 3 is 0.928 bits per heavy atom. The largest absolute Gasteiger partial charge is 0.303 e. The highest BCUT2D eigenvalue weighted by atomic mass is 16.2. The van der Waals surface area contributed by atoms with Crippen LogP contribution in [0.2, 0.25) is 0 Å². The van der Waals surface area contributed by atoms with Gasteiger partial charge in [0.25, 0.3) is 0 Å². The highest BCUT2D eigenvalue weighted by Gasteiger charge is 2.24. The first kappa shape index (κ1) is 65.7. The Morgan fingerprint density at radius 1 is 0.319 bits per heavy atom. The lowest BCUT2D eigenvalue weighted by atomic mass is 9.90. The van der Waals surface area contributed by atoms with Gasteiger partial charge in [-0.25, -0.2) is 0 Å². The average Bonchev–Trinajstić information content (AvgIpc) is 3.36. The van der Waals surface area contributed by atoms with E-state index in [-0.39, 0.29) is 17.1 Å². The van der Waals surface area contributed by atoms with Crippen molar-refractivity contribution >= 4 is 17.9 Å². The Morgan fingerprint density at radius 2 is 0.594 bits per heavy atom. The zero-order valence-corrected chi connectivity index (χ0v) is 45.7. The molecular formula is C66H110O3. The summed E-state index contributed by atoms with van der Waals surface area (Å²) < 4.78 is 0. The van der Waals surface area contributed by atoms with E-state index in [4.69, 9.17) is 0 Å². The van der Waals surface area contributed by atoms with Crippen LogP contribution in [0.5, 0.6) is 0 Å². The van der Waals surface area contributed by atoms with Gasteiger partial charge in [0.1, 0.15) is 6.29 Å². The minimum absolute atomic E-state index is 0.0552. The average molecular weight is 952 g/mol. The van der Waals surface area contributed by atoms with Crippen molar-refractivity contribution in [2.75, 3.05) is 0 Å². The van der Waals surface area contributed by atoms with E-state index in [1.165, 1.54) is 231 Å². The normalized spacial score (nSPS) is 13.2. The molecule has 0 aromatic rings. The third-order valence-corrected chi connectivity index (χ3v) is 13.4. The fourth-order valence-electron chi connectivity index (χ4n) is 8.82. The highest BCUT2D eigenvalue weighted by molar-refractivity contribution is 6.26. The van der Waals surface area contributed by atoms with Crippen LogP contribution in [0.3, 0.4) is 0 Å². The predicted octanol–water partition coefficient (Wildman–Crippen LogP) is 21.4. The van der Waals surface area contributed by atoms with Crippen molar-refractivity contribution in [2.45, 2.75) is 284 Å². The van der Waals surface area contributed by atoms with Crippen molar-refractivity contribution in [1.82, 2.24) is 0 Å². The quantitative estimate of drug-likeness (QED) is 0.0152. The maximum absolute atomic E-state index is 13.7. The molecule has 3 heteroatoms. The molecule has 0 aliphatic heterocycles. The van der Waals surface area contributed by atoms with Crippen LogP contribution in [0.25, 0.3) is 0 Å². The summed E-state index contributed by atoms with van der Waals surface area (Å²) in [5.74, 6) is -1.57. The number of rotatable bonds is 53. The Bertz CT molecular complexity index is 1410. The van der Waals surface area contributed by atoms with Crippen molar-refractivity contribution in [3.63, 3.8) is 0 Å². The molecule has 0 heterocycles. The minimum atomic E-state index is -0.806. The van der Waals surface area contributed by atoms with Crippen LogP contribution in [-0.2, 0) is 14.4 Å². The second-order valence-corrected chi connectivity index (χ2v) is 19.9. The fourth-order valence-corrected chi connectivity index (χ4v) is 8.82. The van der Waals surface area contributed by atoms with Gasteiger partial charge in [0, 0.05) is 0 Å². The van der Waals surface area contributed by atoms with Gasteiger partial charge in [-0.05, 0) is 44.3 Å². The number of carbonyl (C=O) groups excluding carboxylic acids is 3. The molecule has 69 heavy (non-hydrogen) atoms. The van der Waals surface area contributed by atoms with Crippen molar-refractivity contribution in [2.24, 2.45) is 5.92 Å². The summed E-state index contributed by atoms with van der Waals surface area (Å²) in [6.07, 6.45) is 86.2. The van der Waals surface area contributed by atoms with E-state index in [1.54, 1.807) is 24.3 Å². The van der Waals surface area contributed by atoms with Crippen LogP contribution in [-0.4, -0.2) is 17.9 Å². The third kappa shape index (κ3) is 49.4. The summed E-state index contributed by atoms with van der Waals surface area (Å²) in [6.45, 7) is 6.83.